The van der Waals surface area contributed by atoms with E-state index in [1.807, 2.05) is 0 Å². The van der Waals surface area contributed by atoms with Crippen molar-refractivity contribution in [1.29, 1.82) is 0 Å². The topological polar surface area (TPSA) is 479 Å². The maximum Gasteiger partial charge on any atom is 0.223 e. The number of rotatable bonds is 56. The van der Waals surface area contributed by atoms with E-state index in [9.17, 15) is 89.4 Å². The van der Waals surface area contributed by atoms with Crippen molar-refractivity contribution in [3.05, 3.63) is 0 Å². The first-order valence-electron chi connectivity index (χ1n) is 38.7. The number of amides is 7. The Labute approximate surface area is 619 Å². The molecule has 4 aliphatic heterocycles. The number of Topliss-reactive ketones (excluding diaryl/α,β-unsaturated/α-hetero) is 1. The molecule has 4 rings (SSSR count). The normalized spacial score (nSPS) is 27.4. The SMILES string of the molecule is COC[C@@H]1C[C@@H](O)CN1C(=O)CCCC(=O)NC(CCC(=O)CCCCCNC(=O)CCCCCO[C@@H]1OC(CO)[C@H](O)[C@H](O)C1C)(CCC(=O)NCCCCNC(=O)CCCCCO[C@@H]1OC(CO)[C@H](O)[C@H](O)C1C)CCC(=O)NCCCCNC(=O)CCCCCO[C@@H]1OC(CO)[C@H](O)[C@H](O)C1C. The van der Waals surface area contributed by atoms with Crippen molar-refractivity contribution in [1.82, 2.24) is 36.8 Å². The molecule has 7 amide bonds. The van der Waals surface area contributed by atoms with E-state index in [1.54, 1.807) is 25.7 Å². The molecule has 0 radical (unpaired) electrons. The molecule has 0 bridgehead atoms. The third-order valence-corrected chi connectivity index (χ3v) is 20.3. The van der Waals surface area contributed by atoms with Crippen molar-refractivity contribution in [2.45, 2.75) is 305 Å². The van der Waals surface area contributed by atoms with Crippen LogP contribution < -0.4 is 31.9 Å². The van der Waals surface area contributed by atoms with Crippen molar-refractivity contribution in [3.8, 4) is 0 Å². The van der Waals surface area contributed by atoms with Crippen LogP contribution in [0.5, 0.6) is 0 Å². The smallest absolute Gasteiger partial charge is 0.223 e. The van der Waals surface area contributed by atoms with Crippen molar-refractivity contribution in [3.63, 3.8) is 0 Å². The maximum absolute atomic E-state index is 14.1. The molecule has 608 valence electrons. The molecule has 4 fully saturated rings. The minimum atomic E-state index is -1.22. The summed E-state index contributed by atoms with van der Waals surface area (Å²) in [5.74, 6) is -3.27. The molecule has 0 spiro atoms. The number of unbranched alkanes of at least 4 members (excludes halogenated alkanes) is 10. The maximum atomic E-state index is 14.1. The van der Waals surface area contributed by atoms with E-state index in [0.29, 0.717) is 168 Å². The number of nitrogens with zero attached hydrogens (tertiary/aromatic N) is 1. The molecule has 0 aromatic rings. The molecule has 4 aliphatic rings. The van der Waals surface area contributed by atoms with Gasteiger partial charge in [0.05, 0.1) is 56.9 Å². The van der Waals surface area contributed by atoms with Gasteiger partial charge in [0.25, 0.3) is 0 Å². The second kappa shape index (κ2) is 52.4. The van der Waals surface area contributed by atoms with Crippen LogP contribution in [0.4, 0.5) is 0 Å². The first-order chi connectivity index (χ1) is 50.4. The van der Waals surface area contributed by atoms with Crippen LogP contribution in [0.15, 0.2) is 0 Å². The van der Waals surface area contributed by atoms with E-state index in [0.717, 1.165) is 0 Å². The summed E-state index contributed by atoms with van der Waals surface area (Å²) < 4.78 is 39.4. The Kier molecular flexibility index (Phi) is 46.2. The first kappa shape index (κ1) is 92.7. The van der Waals surface area contributed by atoms with Gasteiger partial charge in [0.2, 0.25) is 41.4 Å². The summed E-state index contributed by atoms with van der Waals surface area (Å²) in [4.78, 5) is 108. The molecule has 105 heavy (non-hydrogen) atoms. The Balaban J connectivity index is 1.28. The van der Waals surface area contributed by atoms with Gasteiger partial charge in [-0.2, -0.15) is 0 Å². The van der Waals surface area contributed by atoms with Gasteiger partial charge in [-0.3, -0.25) is 38.4 Å². The second-order valence-corrected chi connectivity index (χ2v) is 29.0. The van der Waals surface area contributed by atoms with Gasteiger partial charge in [0.1, 0.15) is 42.4 Å². The number of hydrogen-bond acceptors (Lipinski definition) is 25. The molecule has 32 heteroatoms. The Bertz CT molecular complexity index is 2280. The van der Waals surface area contributed by atoms with Crippen LogP contribution >= 0.6 is 0 Å². The Hall–Kier alpha value is -4.72. The zero-order valence-corrected chi connectivity index (χ0v) is 62.8. The van der Waals surface area contributed by atoms with Crippen molar-refractivity contribution < 1.29 is 123 Å². The van der Waals surface area contributed by atoms with Crippen LogP contribution in [0.25, 0.3) is 0 Å². The number of ether oxygens (including phenoxy) is 7. The molecule has 16 N–H and O–H groups in total. The summed E-state index contributed by atoms with van der Waals surface area (Å²) >= 11 is 0. The third kappa shape index (κ3) is 35.2. The number of carbonyl (C=O) groups excluding carboxylic acids is 8. The number of methoxy groups -OCH3 is 1. The lowest BCUT2D eigenvalue weighted by molar-refractivity contribution is -0.282. The zero-order valence-electron chi connectivity index (χ0n) is 62.8. The van der Waals surface area contributed by atoms with Gasteiger partial charge in [0, 0.05) is 147 Å². The summed E-state index contributed by atoms with van der Waals surface area (Å²) in [7, 11) is 1.52. The fourth-order valence-electron chi connectivity index (χ4n) is 13.5. The molecular formula is C73H131N7O25. The van der Waals surface area contributed by atoms with Crippen LogP contribution in [0.1, 0.15) is 213 Å². The summed E-state index contributed by atoms with van der Waals surface area (Å²) in [6.07, 6.45) is -1.38. The van der Waals surface area contributed by atoms with Crippen LogP contribution in [0.2, 0.25) is 0 Å². The van der Waals surface area contributed by atoms with Crippen LogP contribution in [-0.4, -0.2) is 287 Å². The number of likely N-dealkylation sites (tertiary alicyclic amines) is 1. The summed E-state index contributed by atoms with van der Waals surface area (Å²) in [5.41, 5.74) is -1.22. The van der Waals surface area contributed by atoms with E-state index in [4.69, 9.17) is 33.2 Å². The van der Waals surface area contributed by atoms with Gasteiger partial charge in [-0.25, -0.2) is 0 Å². The number of β-amino-alcohol motifs (C(OH)–C–C–N with tert-alkyl or cyclic N) is 1. The fourth-order valence-corrected chi connectivity index (χ4v) is 13.5. The monoisotopic (exact) mass is 1510 g/mol. The lowest BCUT2D eigenvalue weighted by Gasteiger charge is -2.40. The lowest BCUT2D eigenvalue weighted by atomic mass is 9.82. The minimum absolute atomic E-state index is 0.0129. The Morgan fingerprint density at radius 3 is 1.10 bits per heavy atom. The van der Waals surface area contributed by atoms with Crippen molar-refractivity contribution >= 4 is 47.1 Å². The van der Waals surface area contributed by atoms with E-state index < -0.39 is 129 Å². The van der Waals surface area contributed by atoms with Gasteiger partial charge < -0.3 is 121 Å². The molecule has 17 atom stereocenters. The summed E-state index contributed by atoms with van der Waals surface area (Å²) in [6, 6.07) is -0.306. The Morgan fingerprint density at radius 1 is 0.400 bits per heavy atom. The highest BCUT2D eigenvalue weighted by atomic mass is 16.7. The van der Waals surface area contributed by atoms with Gasteiger partial charge in [0.15, 0.2) is 18.9 Å². The van der Waals surface area contributed by atoms with Gasteiger partial charge in [-0.15, -0.1) is 0 Å². The van der Waals surface area contributed by atoms with E-state index in [1.165, 1.54) is 7.11 Å². The van der Waals surface area contributed by atoms with Crippen molar-refractivity contribution in [2.24, 2.45) is 17.8 Å². The number of carbonyl (C=O) groups is 8. The highest BCUT2D eigenvalue weighted by molar-refractivity contribution is 5.82. The van der Waals surface area contributed by atoms with E-state index >= 15 is 0 Å². The average Bonchev–Trinajstić information content (AvgIpc) is 1.52. The van der Waals surface area contributed by atoms with E-state index in [2.05, 4.69) is 31.9 Å². The highest BCUT2D eigenvalue weighted by Crippen LogP contribution is 2.32. The number of nitrogens with one attached hydrogen (secondary N) is 6. The second-order valence-electron chi connectivity index (χ2n) is 29.0. The third-order valence-electron chi connectivity index (χ3n) is 20.3. The molecule has 4 heterocycles. The van der Waals surface area contributed by atoms with Crippen LogP contribution in [-0.2, 0) is 71.5 Å². The zero-order chi connectivity index (χ0) is 77.1. The molecular weight excluding hydrogens is 1370 g/mol. The fraction of sp³-hybridized carbons (Fsp3) is 0.890. The average molecular weight is 1510 g/mol. The van der Waals surface area contributed by atoms with Crippen LogP contribution in [0.3, 0.4) is 0 Å². The van der Waals surface area contributed by atoms with Gasteiger partial charge in [-0.1, -0.05) is 46.5 Å². The summed E-state index contributed by atoms with van der Waals surface area (Å²) in [6.45, 7) is 6.77. The molecule has 0 aromatic heterocycles. The lowest BCUT2D eigenvalue weighted by Crippen LogP contribution is -2.55. The molecule has 0 saturated carbocycles. The predicted molar refractivity (Wildman–Crippen MR) is 381 cm³/mol. The minimum Gasteiger partial charge on any atom is -0.394 e. The van der Waals surface area contributed by atoms with Gasteiger partial charge >= 0.3 is 0 Å². The molecule has 0 aromatic carbocycles. The van der Waals surface area contributed by atoms with Crippen LogP contribution in [0, 0.1) is 17.8 Å². The highest BCUT2D eigenvalue weighted by Gasteiger charge is 2.45. The predicted octanol–water partition coefficient (Wildman–Crippen LogP) is 0.188. The van der Waals surface area contributed by atoms with E-state index in [-0.39, 0.29) is 138 Å². The molecule has 6 unspecified atom stereocenters. The molecule has 4 saturated heterocycles. The summed E-state index contributed by atoms with van der Waals surface area (Å²) in [5, 5.41) is 118. The standard InChI is InChI=1S/C73H131N7O25/c1-48-64(93)67(96)54(44-81)103-70(48)100-39-18-6-10-23-57(86)74-34-13-5-9-22-52(84)28-31-73(79-62(91)26-21-27-63(92)80-43-53(85)42-51(80)47-99-4,32-29-60(89)77-37-16-14-35-75-58(87)24-11-7-19-40-101-71-49(2)65(94)68(97)55(45-82)104-71)33-30-61(90)78-38-17-15-36-76-59(88)25-12-8-20-41-102-72-50(3)66(95)69(98)56(46-83)105-72/h48-51,53-56,64-72,81-83,85,93-98H,5-47H2,1-4H3,(H,74,86)(H,75,87)(H,76,88)(H,77,89)(H,78,90)(H,79,91)/t48?,49?,50?,51-,53+,54?,55?,56?,64+,65+,66+,67-,68-,69-,70+,71+,72+,73?/m0/s1. The number of ketones is 1. The largest absolute Gasteiger partial charge is 0.394 e. The first-order valence-corrected chi connectivity index (χ1v) is 38.7. The number of aliphatic hydroxyl groups excluding tert-OH is 10. The number of aliphatic hydroxyl groups is 10. The quantitative estimate of drug-likeness (QED) is 0.0361. The number of hydrogen-bond donors (Lipinski definition) is 16. The van der Waals surface area contributed by atoms with Gasteiger partial charge in [-0.05, 0) is 109 Å². The molecule has 0 aliphatic carbocycles. The van der Waals surface area contributed by atoms with Crippen molar-refractivity contribution in [2.75, 3.05) is 92.6 Å². The Morgan fingerprint density at radius 2 is 0.733 bits per heavy atom. The molecule has 32 nitrogen and oxygen atoms in total.